The predicted octanol–water partition coefficient (Wildman–Crippen LogP) is 1.58. The smallest absolute Gasteiger partial charge is 0.125 e. The van der Waals surface area contributed by atoms with E-state index in [4.69, 9.17) is 5.73 Å². The van der Waals surface area contributed by atoms with E-state index in [0.717, 1.165) is 26.2 Å². The quantitative estimate of drug-likeness (QED) is 0.801. The Bertz CT molecular complexity index is 375. The average Bonchev–Trinajstić information content (AvgIpc) is 2.28. The lowest BCUT2D eigenvalue weighted by Gasteiger charge is -2.43. The Kier molecular flexibility index (Phi) is 3.24. The number of nitrogens with two attached hydrogens (primary N) is 1. The van der Waals surface area contributed by atoms with Crippen LogP contribution in [-0.2, 0) is 0 Å². The van der Waals surface area contributed by atoms with Gasteiger partial charge in [0.1, 0.15) is 5.82 Å². The maximum Gasteiger partial charge on any atom is 0.125 e. The summed E-state index contributed by atoms with van der Waals surface area (Å²) in [6, 6.07) is 3.98. The average molecular weight is 234 g/mol. The lowest BCUT2D eigenvalue weighted by Crippen LogP contribution is -2.53. The second kappa shape index (κ2) is 4.53. The Morgan fingerprint density at radius 3 is 2.35 bits per heavy atom. The number of aromatic nitrogens is 1. The van der Waals surface area contributed by atoms with E-state index in [1.165, 1.54) is 5.69 Å². The van der Waals surface area contributed by atoms with Crippen molar-refractivity contribution in [2.45, 2.75) is 26.3 Å². The van der Waals surface area contributed by atoms with Gasteiger partial charge in [0.25, 0.3) is 0 Å². The molecule has 0 aliphatic carbocycles. The molecule has 1 aromatic heterocycles. The zero-order chi connectivity index (χ0) is 12.5. The lowest BCUT2D eigenvalue weighted by molar-refractivity contribution is 0.128. The van der Waals surface area contributed by atoms with Crippen molar-refractivity contribution >= 4 is 11.5 Å². The Morgan fingerprint density at radius 1 is 1.18 bits per heavy atom. The molecule has 1 aliphatic heterocycles. The summed E-state index contributed by atoms with van der Waals surface area (Å²) in [5.41, 5.74) is 7.17. The van der Waals surface area contributed by atoms with Crippen LogP contribution in [0.2, 0.25) is 0 Å². The van der Waals surface area contributed by atoms with Crippen LogP contribution in [0.15, 0.2) is 18.3 Å². The van der Waals surface area contributed by atoms with Crippen molar-refractivity contribution in [1.29, 1.82) is 0 Å². The molecule has 94 valence electrons. The number of nitrogens with zero attached hydrogens (tertiary/aromatic N) is 3. The first-order chi connectivity index (χ1) is 7.97. The monoisotopic (exact) mass is 234 g/mol. The fourth-order valence-electron chi connectivity index (χ4n) is 2.27. The number of pyridine rings is 1. The van der Waals surface area contributed by atoms with E-state index in [0.29, 0.717) is 5.82 Å². The molecule has 4 heteroatoms. The predicted molar refractivity (Wildman–Crippen MR) is 72.2 cm³/mol. The maximum atomic E-state index is 5.71. The molecule has 0 radical (unpaired) electrons. The normalized spacial score (nSPS) is 18.4. The highest BCUT2D eigenvalue weighted by molar-refractivity contribution is 5.52. The highest BCUT2D eigenvalue weighted by Gasteiger charge is 2.25. The van der Waals surface area contributed by atoms with Crippen molar-refractivity contribution in [2.75, 3.05) is 36.8 Å². The highest BCUT2D eigenvalue weighted by Crippen LogP contribution is 2.21. The summed E-state index contributed by atoms with van der Waals surface area (Å²) >= 11 is 0. The van der Waals surface area contributed by atoms with Crippen molar-refractivity contribution in [2.24, 2.45) is 0 Å². The zero-order valence-electron chi connectivity index (χ0n) is 11.0. The van der Waals surface area contributed by atoms with E-state index in [9.17, 15) is 0 Å². The largest absolute Gasteiger partial charge is 0.384 e. The number of piperazine rings is 1. The minimum absolute atomic E-state index is 0.267. The van der Waals surface area contributed by atoms with Crippen LogP contribution in [0.4, 0.5) is 11.5 Å². The molecule has 0 saturated carbocycles. The van der Waals surface area contributed by atoms with Gasteiger partial charge in [-0.05, 0) is 26.8 Å². The Balaban J connectivity index is 2.00. The van der Waals surface area contributed by atoms with Gasteiger partial charge < -0.3 is 10.6 Å². The summed E-state index contributed by atoms with van der Waals surface area (Å²) in [4.78, 5) is 8.93. The molecule has 0 unspecified atom stereocenters. The number of nitrogen functional groups attached to an aromatic ring is 1. The van der Waals surface area contributed by atoms with Crippen molar-refractivity contribution in [1.82, 2.24) is 9.88 Å². The van der Waals surface area contributed by atoms with Crippen LogP contribution in [0.5, 0.6) is 0 Å². The van der Waals surface area contributed by atoms with Gasteiger partial charge in [0.05, 0.1) is 0 Å². The van der Waals surface area contributed by atoms with Gasteiger partial charge >= 0.3 is 0 Å². The van der Waals surface area contributed by atoms with Gasteiger partial charge in [0.2, 0.25) is 0 Å². The molecule has 1 aliphatic rings. The maximum absolute atomic E-state index is 5.71. The van der Waals surface area contributed by atoms with Gasteiger partial charge in [-0.25, -0.2) is 4.98 Å². The first-order valence-electron chi connectivity index (χ1n) is 6.18. The summed E-state index contributed by atoms with van der Waals surface area (Å²) in [5.74, 6) is 0.598. The Morgan fingerprint density at radius 2 is 1.82 bits per heavy atom. The summed E-state index contributed by atoms with van der Waals surface area (Å²) < 4.78 is 0. The van der Waals surface area contributed by atoms with Gasteiger partial charge in [0.15, 0.2) is 0 Å². The topological polar surface area (TPSA) is 45.4 Å². The first-order valence-corrected chi connectivity index (χ1v) is 6.18. The number of rotatable bonds is 1. The van der Waals surface area contributed by atoms with E-state index in [1.54, 1.807) is 6.20 Å². The SMILES string of the molecule is CC(C)(C)N1CCN(c2ccnc(N)c2)CC1. The molecular formula is C13H22N4. The molecule has 0 atom stereocenters. The highest BCUT2D eigenvalue weighted by atomic mass is 15.3. The van der Waals surface area contributed by atoms with Crippen LogP contribution in [0.1, 0.15) is 20.8 Å². The summed E-state index contributed by atoms with van der Waals surface area (Å²) in [5, 5.41) is 0. The van der Waals surface area contributed by atoms with Crippen LogP contribution in [0.25, 0.3) is 0 Å². The Labute approximate surface area is 103 Å². The second-order valence-electron chi connectivity index (χ2n) is 5.58. The molecule has 2 heterocycles. The second-order valence-corrected chi connectivity index (χ2v) is 5.58. The first kappa shape index (κ1) is 12.2. The summed E-state index contributed by atoms with van der Waals surface area (Å²) in [6.07, 6.45) is 1.78. The summed E-state index contributed by atoms with van der Waals surface area (Å²) in [6.45, 7) is 11.1. The van der Waals surface area contributed by atoms with Crippen molar-refractivity contribution < 1.29 is 0 Å². The van der Waals surface area contributed by atoms with Gasteiger partial charge in [-0.2, -0.15) is 0 Å². The molecule has 1 fully saturated rings. The minimum atomic E-state index is 0.267. The van der Waals surface area contributed by atoms with E-state index >= 15 is 0 Å². The third kappa shape index (κ3) is 2.88. The molecule has 0 aromatic carbocycles. The molecule has 0 amide bonds. The Hall–Kier alpha value is -1.29. The van der Waals surface area contributed by atoms with Gasteiger partial charge in [-0.15, -0.1) is 0 Å². The fraction of sp³-hybridized carbons (Fsp3) is 0.615. The third-order valence-electron chi connectivity index (χ3n) is 3.36. The van der Waals surface area contributed by atoms with Crippen LogP contribution in [0, 0.1) is 0 Å². The van der Waals surface area contributed by atoms with E-state index in [1.807, 2.05) is 12.1 Å². The lowest BCUT2D eigenvalue weighted by atomic mass is 10.0. The molecule has 0 spiro atoms. The van der Waals surface area contributed by atoms with Crippen LogP contribution >= 0.6 is 0 Å². The van der Waals surface area contributed by atoms with E-state index < -0.39 is 0 Å². The third-order valence-corrected chi connectivity index (χ3v) is 3.36. The van der Waals surface area contributed by atoms with E-state index in [2.05, 4.69) is 35.6 Å². The van der Waals surface area contributed by atoms with Gasteiger partial charge in [-0.1, -0.05) is 0 Å². The molecule has 2 rings (SSSR count). The molecular weight excluding hydrogens is 212 g/mol. The molecule has 0 bridgehead atoms. The van der Waals surface area contributed by atoms with E-state index in [-0.39, 0.29) is 5.54 Å². The molecule has 2 N–H and O–H groups in total. The standard InChI is InChI=1S/C13H22N4/c1-13(2,3)17-8-6-16(7-9-17)11-4-5-15-12(14)10-11/h4-5,10H,6-9H2,1-3H3,(H2,14,15). The number of hydrogen-bond acceptors (Lipinski definition) is 4. The van der Waals surface area contributed by atoms with Crippen LogP contribution in [0.3, 0.4) is 0 Å². The van der Waals surface area contributed by atoms with Gasteiger partial charge in [0, 0.05) is 49.7 Å². The number of hydrogen-bond donors (Lipinski definition) is 1. The molecule has 17 heavy (non-hydrogen) atoms. The molecule has 1 aromatic rings. The number of anilines is 2. The fourth-order valence-corrected chi connectivity index (χ4v) is 2.27. The van der Waals surface area contributed by atoms with Crippen LogP contribution in [-0.4, -0.2) is 41.6 Å². The zero-order valence-corrected chi connectivity index (χ0v) is 11.0. The summed E-state index contributed by atoms with van der Waals surface area (Å²) in [7, 11) is 0. The molecule has 1 saturated heterocycles. The van der Waals surface area contributed by atoms with Crippen molar-refractivity contribution in [3.05, 3.63) is 18.3 Å². The van der Waals surface area contributed by atoms with Crippen LogP contribution < -0.4 is 10.6 Å². The van der Waals surface area contributed by atoms with Crippen molar-refractivity contribution in [3.8, 4) is 0 Å². The minimum Gasteiger partial charge on any atom is -0.384 e. The molecule has 4 nitrogen and oxygen atoms in total. The van der Waals surface area contributed by atoms with Crippen molar-refractivity contribution in [3.63, 3.8) is 0 Å². The van der Waals surface area contributed by atoms with Gasteiger partial charge in [-0.3, -0.25) is 4.90 Å².